The van der Waals surface area contributed by atoms with Crippen LogP contribution >= 0.6 is 0 Å². The highest BCUT2D eigenvalue weighted by molar-refractivity contribution is 6.23. The molecule has 3 rings (SSSR count). The monoisotopic (exact) mass is 319 g/mol. The van der Waals surface area contributed by atoms with Crippen molar-refractivity contribution in [3.8, 4) is 0 Å². The summed E-state index contributed by atoms with van der Waals surface area (Å²) in [5.41, 5.74) is 2.70. The van der Waals surface area contributed by atoms with Crippen molar-refractivity contribution < 1.29 is 14.3 Å². The highest BCUT2D eigenvalue weighted by Gasteiger charge is 2.33. The van der Waals surface area contributed by atoms with Crippen LogP contribution in [0, 0.1) is 0 Å². The zero-order valence-electron chi connectivity index (χ0n) is 13.3. The standard InChI is InChI=1S/C20H17NO3/c1-2-24-20(23)17-16(13-14-9-5-3-6-10-14)19(22)21-18(17)15-11-7-4-8-12-15/h3-13H,2H2,1H3,(H,21,22)/b16-13-. The molecule has 24 heavy (non-hydrogen) atoms. The number of carbonyl (C=O) groups is 2. The van der Waals surface area contributed by atoms with E-state index < -0.39 is 5.97 Å². The van der Waals surface area contributed by atoms with Crippen molar-refractivity contribution in [2.75, 3.05) is 6.61 Å². The number of amides is 1. The zero-order valence-corrected chi connectivity index (χ0v) is 13.3. The molecule has 0 saturated carbocycles. The molecule has 2 aromatic rings. The summed E-state index contributed by atoms with van der Waals surface area (Å²) in [5.74, 6) is -0.808. The Hall–Kier alpha value is -3.14. The third-order valence-corrected chi connectivity index (χ3v) is 3.66. The van der Waals surface area contributed by atoms with Gasteiger partial charge in [0.15, 0.2) is 0 Å². The van der Waals surface area contributed by atoms with Crippen LogP contribution < -0.4 is 5.32 Å². The lowest BCUT2D eigenvalue weighted by Crippen LogP contribution is -2.15. The van der Waals surface area contributed by atoms with Gasteiger partial charge in [0.05, 0.1) is 23.5 Å². The Morgan fingerprint density at radius 1 is 1.04 bits per heavy atom. The summed E-state index contributed by atoms with van der Waals surface area (Å²) < 4.78 is 5.16. The number of hydrogen-bond acceptors (Lipinski definition) is 3. The van der Waals surface area contributed by atoms with Gasteiger partial charge < -0.3 is 10.1 Å². The van der Waals surface area contributed by atoms with E-state index in [1.54, 1.807) is 13.0 Å². The first kappa shape index (κ1) is 15.7. The molecule has 0 fully saturated rings. The summed E-state index contributed by atoms with van der Waals surface area (Å²) in [4.78, 5) is 24.9. The van der Waals surface area contributed by atoms with E-state index in [4.69, 9.17) is 4.74 Å². The summed E-state index contributed by atoms with van der Waals surface area (Å²) in [7, 11) is 0. The predicted octanol–water partition coefficient (Wildman–Crippen LogP) is 3.17. The van der Waals surface area contributed by atoms with Crippen molar-refractivity contribution in [3.05, 3.63) is 82.9 Å². The minimum Gasteiger partial charge on any atom is -0.462 e. The number of hydrogen-bond donors (Lipinski definition) is 1. The Morgan fingerprint density at radius 3 is 2.29 bits per heavy atom. The van der Waals surface area contributed by atoms with E-state index in [2.05, 4.69) is 5.32 Å². The lowest BCUT2D eigenvalue weighted by molar-refractivity contribution is -0.138. The smallest absolute Gasteiger partial charge is 0.341 e. The van der Waals surface area contributed by atoms with Crippen LogP contribution in [0.2, 0.25) is 0 Å². The van der Waals surface area contributed by atoms with Gasteiger partial charge in [0.25, 0.3) is 5.91 Å². The van der Waals surface area contributed by atoms with Gasteiger partial charge in [-0.05, 0) is 24.1 Å². The van der Waals surface area contributed by atoms with Gasteiger partial charge in [-0.15, -0.1) is 0 Å². The summed E-state index contributed by atoms with van der Waals surface area (Å²) in [6, 6.07) is 18.7. The Labute approximate surface area is 140 Å². The fourth-order valence-electron chi connectivity index (χ4n) is 2.58. The fraction of sp³-hybridized carbons (Fsp3) is 0.100. The summed E-state index contributed by atoms with van der Waals surface area (Å²) >= 11 is 0. The van der Waals surface area contributed by atoms with Gasteiger partial charge in [0.2, 0.25) is 0 Å². The molecule has 4 heteroatoms. The van der Waals surface area contributed by atoms with Gasteiger partial charge in [0, 0.05) is 0 Å². The maximum absolute atomic E-state index is 12.5. The summed E-state index contributed by atoms with van der Waals surface area (Å²) in [6.45, 7) is 1.99. The molecule has 0 spiro atoms. The molecule has 120 valence electrons. The molecule has 0 aliphatic carbocycles. The third kappa shape index (κ3) is 3.13. The predicted molar refractivity (Wildman–Crippen MR) is 92.6 cm³/mol. The molecule has 0 bridgehead atoms. The second-order valence-corrected chi connectivity index (χ2v) is 5.26. The molecular weight excluding hydrogens is 302 g/mol. The molecule has 4 nitrogen and oxygen atoms in total. The Balaban J connectivity index is 2.13. The van der Waals surface area contributed by atoms with E-state index in [0.29, 0.717) is 11.3 Å². The zero-order chi connectivity index (χ0) is 16.9. The quantitative estimate of drug-likeness (QED) is 0.695. The van der Waals surface area contributed by atoms with Gasteiger partial charge in [0.1, 0.15) is 0 Å². The number of rotatable bonds is 4. The molecule has 1 aliphatic rings. The van der Waals surface area contributed by atoms with Crippen molar-refractivity contribution >= 4 is 23.6 Å². The SMILES string of the molecule is CCOC(=O)C1=C(c2ccccc2)NC(=O)/C1=C\c1ccccc1. The maximum atomic E-state index is 12.5. The van der Waals surface area contributed by atoms with Gasteiger partial charge in [-0.25, -0.2) is 4.79 Å². The van der Waals surface area contributed by atoms with E-state index in [1.807, 2.05) is 60.7 Å². The van der Waals surface area contributed by atoms with Gasteiger partial charge >= 0.3 is 5.97 Å². The van der Waals surface area contributed by atoms with Crippen LogP contribution in [0.4, 0.5) is 0 Å². The van der Waals surface area contributed by atoms with Crippen LogP contribution in [0.5, 0.6) is 0 Å². The number of carbonyl (C=O) groups excluding carboxylic acids is 2. The lowest BCUT2D eigenvalue weighted by Gasteiger charge is -2.07. The van der Waals surface area contributed by atoms with Gasteiger partial charge in [-0.2, -0.15) is 0 Å². The van der Waals surface area contributed by atoms with Crippen LogP contribution in [-0.4, -0.2) is 18.5 Å². The molecule has 2 aromatic carbocycles. The van der Waals surface area contributed by atoms with E-state index in [1.165, 1.54) is 0 Å². The molecule has 0 unspecified atom stereocenters. The van der Waals surface area contributed by atoms with Crippen molar-refractivity contribution in [2.24, 2.45) is 0 Å². The van der Waals surface area contributed by atoms with Crippen LogP contribution in [-0.2, 0) is 14.3 Å². The normalized spacial score (nSPS) is 15.5. The van der Waals surface area contributed by atoms with E-state index in [-0.39, 0.29) is 18.1 Å². The Morgan fingerprint density at radius 2 is 1.67 bits per heavy atom. The van der Waals surface area contributed by atoms with Crippen LogP contribution in [0.1, 0.15) is 18.1 Å². The van der Waals surface area contributed by atoms with E-state index in [0.717, 1.165) is 11.1 Å². The minimum atomic E-state index is -0.503. The van der Waals surface area contributed by atoms with E-state index >= 15 is 0 Å². The Kier molecular flexibility index (Phi) is 4.57. The highest BCUT2D eigenvalue weighted by atomic mass is 16.5. The number of esters is 1. The number of ether oxygens (including phenoxy) is 1. The number of nitrogens with one attached hydrogen (secondary N) is 1. The van der Waals surface area contributed by atoms with Crippen molar-refractivity contribution in [3.63, 3.8) is 0 Å². The average molecular weight is 319 g/mol. The average Bonchev–Trinajstić information content (AvgIpc) is 2.93. The first-order chi connectivity index (χ1) is 11.7. The third-order valence-electron chi connectivity index (χ3n) is 3.66. The topological polar surface area (TPSA) is 55.4 Å². The summed E-state index contributed by atoms with van der Waals surface area (Å²) in [5, 5.41) is 2.80. The second-order valence-electron chi connectivity index (χ2n) is 5.26. The first-order valence-corrected chi connectivity index (χ1v) is 7.76. The van der Waals surface area contributed by atoms with Crippen LogP contribution in [0.15, 0.2) is 71.8 Å². The van der Waals surface area contributed by atoms with Crippen LogP contribution in [0.25, 0.3) is 11.8 Å². The highest BCUT2D eigenvalue weighted by Crippen LogP contribution is 2.30. The van der Waals surface area contributed by atoms with Gasteiger partial charge in [-0.3, -0.25) is 4.79 Å². The molecular formula is C20H17NO3. The second kappa shape index (κ2) is 6.96. The summed E-state index contributed by atoms with van der Waals surface area (Å²) in [6.07, 6.45) is 1.71. The molecule has 1 aliphatic heterocycles. The van der Waals surface area contributed by atoms with Crippen LogP contribution in [0.3, 0.4) is 0 Å². The van der Waals surface area contributed by atoms with Crippen molar-refractivity contribution in [1.82, 2.24) is 5.32 Å². The molecule has 0 atom stereocenters. The minimum absolute atomic E-state index is 0.247. The van der Waals surface area contributed by atoms with Crippen molar-refractivity contribution in [2.45, 2.75) is 6.92 Å². The first-order valence-electron chi connectivity index (χ1n) is 7.76. The Bertz CT molecular complexity index is 820. The largest absolute Gasteiger partial charge is 0.462 e. The molecule has 0 radical (unpaired) electrons. The fourth-order valence-corrected chi connectivity index (χ4v) is 2.58. The van der Waals surface area contributed by atoms with E-state index in [9.17, 15) is 9.59 Å². The van der Waals surface area contributed by atoms with Crippen molar-refractivity contribution in [1.29, 1.82) is 0 Å². The lowest BCUT2D eigenvalue weighted by atomic mass is 10.0. The molecule has 0 aromatic heterocycles. The molecule has 0 saturated heterocycles. The molecule has 1 amide bonds. The number of benzene rings is 2. The van der Waals surface area contributed by atoms with Gasteiger partial charge in [-0.1, -0.05) is 60.7 Å². The molecule has 1 N–H and O–H groups in total. The maximum Gasteiger partial charge on any atom is 0.341 e. The molecule has 1 heterocycles.